The van der Waals surface area contributed by atoms with Crippen LogP contribution in [0.25, 0.3) is 0 Å². The van der Waals surface area contributed by atoms with Crippen LogP contribution in [-0.4, -0.2) is 84.7 Å². The highest BCUT2D eigenvalue weighted by molar-refractivity contribution is 5.93. The number of carbonyl (C=O) groups is 4. The molecule has 3 aliphatic rings. The summed E-state index contributed by atoms with van der Waals surface area (Å²) in [5.41, 5.74) is 1.37. The molecule has 4 bridgehead atoms. The fourth-order valence-electron chi connectivity index (χ4n) is 4.94. The standard InChI is InChI=1S/C28H31N3O9/c32-25-21(16-24-37-9-3-10-38-24)29-26(33)23(31-8-11-39-28(31)36)15-18-5-2-7-20(13-18)40-19-6-1-4-17(12-19)14-22(30-25)27(34)35/h1-2,4-7,12-13,21-24H,3,8-11,14-16H2,(H,29,33)(H,30,32)(H,34,35)/t21-,22-,23?/m0/s1. The number of hydrogen-bond donors (Lipinski definition) is 3. The van der Waals surface area contributed by atoms with Crippen LogP contribution in [0, 0.1) is 0 Å². The Morgan fingerprint density at radius 1 is 0.900 bits per heavy atom. The molecule has 5 rings (SSSR count). The molecule has 2 fully saturated rings. The van der Waals surface area contributed by atoms with Gasteiger partial charge < -0.3 is 34.7 Å². The Morgan fingerprint density at radius 2 is 1.57 bits per heavy atom. The highest BCUT2D eigenvalue weighted by Crippen LogP contribution is 2.25. The lowest BCUT2D eigenvalue weighted by Crippen LogP contribution is -2.57. The van der Waals surface area contributed by atoms with Crippen molar-refractivity contribution in [3.63, 3.8) is 0 Å². The summed E-state index contributed by atoms with van der Waals surface area (Å²) < 4.78 is 22.3. The van der Waals surface area contributed by atoms with Crippen molar-refractivity contribution in [2.75, 3.05) is 26.4 Å². The van der Waals surface area contributed by atoms with Crippen molar-refractivity contribution in [2.45, 2.75) is 50.1 Å². The zero-order chi connectivity index (χ0) is 28.1. The van der Waals surface area contributed by atoms with Crippen LogP contribution in [0.15, 0.2) is 48.5 Å². The molecule has 0 saturated carbocycles. The first-order valence-corrected chi connectivity index (χ1v) is 13.2. The third-order valence-electron chi connectivity index (χ3n) is 6.94. The fraction of sp³-hybridized carbons (Fsp3) is 0.429. The summed E-state index contributed by atoms with van der Waals surface area (Å²) in [6.45, 7) is 1.20. The van der Waals surface area contributed by atoms with Crippen molar-refractivity contribution in [1.82, 2.24) is 15.5 Å². The Bertz CT molecular complexity index is 1260. The van der Waals surface area contributed by atoms with E-state index in [1.54, 1.807) is 42.5 Å². The van der Waals surface area contributed by atoms with Gasteiger partial charge in [-0.3, -0.25) is 14.5 Å². The van der Waals surface area contributed by atoms with E-state index in [9.17, 15) is 24.3 Å². The summed E-state index contributed by atoms with van der Waals surface area (Å²) in [7, 11) is 0. The second kappa shape index (κ2) is 12.3. The first kappa shape index (κ1) is 27.4. The smallest absolute Gasteiger partial charge is 0.410 e. The number of hydrogen-bond acceptors (Lipinski definition) is 8. The summed E-state index contributed by atoms with van der Waals surface area (Å²) in [4.78, 5) is 53.1. The van der Waals surface area contributed by atoms with Crippen LogP contribution < -0.4 is 15.4 Å². The lowest BCUT2D eigenvalue weighted by Gasteiger charge is -2.30. The second-order valence-corrected chi connectivity index (χ2v) is 9.85. The Balaban J connectivity index is 1.51. The maximum absolute atomic E-state index is 13.7. The van der Waals surface area contributed by atoms with Gasteiger partial charge in [0.25, 0.3) is 0 Å². The van der Waals surface area contributed by atoms with Gasteiger partial charge in [0, 0.05) is 19.3 Å². The number of rotatable bonds is 4. The van der Waals surface area contributed by atoms with Gasteiger partial charge in [0.1, 0.15) is 36.2 Å². The van der Waals surface area contributed by atoms with E-state index in [-0.39, 0.29) is 32.4 Å². The number of ether oxygens (including phenoxy) is 4. The lowest BCUT2D eigenvalue weighted by atomic mass is 10.0. The van der Waals surface area contributed by atoms with Gasteiger partial charge in [0.05, 0.1) is 19.8 Å². The largest absolute Gasteiger partial charge is 0.480 e. The van der Waals surface area contributed by atoms with Gasteiger partial charge in [-0.05, 0) is 41.8 Å². The summed E-state index contributed by atoms with van der Waals surface area (Å²) in [5.74, 6) is -1.54. The van der Waals surface area contributed by atoms with Gasteiger partial charge >= 0.3 is 12.1 Å². The zero-order valence-electron chi connectivity index (χ0n) is 21.7. The van der Waals surface area contributed by atoms with Crippen molar-refractivity contribution in [2.24, 2.45) is 0 Å². The van der Waals surface area contributed by atoms with Crippen molar-refractivity contribution in [3.8, 4) is 11.5 Å². The van der Waals surface area contributed by atoms with E-state index >= 15 is 0 Å². The average molecular weight is 554 g/mol. The lowest BCUT2D eigenvalue weighted by molar-refractivity contribution is -0.185. The summed E-state index contributed by atoms with van der Waals surface area (Å²) in [6.07, 6.45) is -0.635. The molecule has 40 heavy (non-hydrogen) atoms. The molecule has 2 aromatic carbocycles. The first-order chi connectivity index (χ1) is 19.4. The number of aliphatic carboxylic acids is 1. The van der Waals surface area contributed by atoms with E-state index in [0.29, 0.717) is 36.7 Å². The van der Waals surface area contributed by atoms with Gasteiger partial charge in [-0.2, -0.15) is 0 Å². The van der Waals surface area contributed by atoms with Gasteiger partial charge in [-0.15, -0.1) is 0 Å². The maximum Gasteiger partial charge on any atom is 0.410 e. The van der Waals surface area contributed by atoms with Crippen LogP contribution >= 0.6 is 0 Å². The molecular formula is C28H31N3O9. The molecule has 3 aliphatic heterocycles. The van der Waals surface area contributed by atoms with Crippen LogP contribution in [0.1, 0.15) is 24.0 Å². The molecule has 3 N–H and O–H groups in total. The van der Waals surface area contributed by atoms with E-state index in [1.165, 1.54) is 4.90 Å². The average Bonchev–Trinajstić information content (AvgIpc) is 3.36. The molecule has 212 valence electrons. The number of fused-ring (bicyclic) bond motifs is 4. The molecule has 3 amide bonds. The van der Waals surface area contributed by atoms with Gasteiger partial charge in [-0.25, -0.2) is 9.59 Å². The monoisotopic (exact) mass is 553 g/mol. The SMILES string of the molecule is O=C1N[C@@H](CC2OCCCO2)C(=O)N[C@H](C(=O)O)Cc2cccc(c2)Oc2cccc(c2)CC1N1CCOC1=O. The van der Waals surface area contributed by atoms with Crippen LogP contribution in [0.3, 0.4) is 0 Å². The third-order valence-corrected chi connectivity index (χ3v) is 6.94. The van der Waals surface area contributed by atoms with E-state index < -0.39 is 48.3 Å². The number of carboxylic acids is 1. The summed E-state index contributed by atoms with van der Waals surface area (Å²) in [6, 6.07) is 10.6. The number of amides is 3. The molecular weight excluding hydrogens is 522 g/mol. The highest BCUT2D eigenvalue weighted by atomic mass is 16.7. The Labute approximate surface area is 230 Å². The summed E-state index contributed by atoms with van der Waals surface area (Å²) in [5, 5.41) is 15.2. The molecule has 2 saturated heterocycles. The molecule has 0 aromatic heterocycles. The van der Waals surface area contributed by atoms with Crippen molar-refractivity contribution < 1.29 is 43.2 Å². The molecule has 0 radical (unpaired) electrons. The zero-order valence-corrected chi connectivity index (χ0v) is 21.7. The number of nitrogens with zero attached hydrogens (tertiary/aromatic N) is 1. The predicted octanol–water partition coefficient (Wildman–Crippen LogP) is 1.61. The summed E-state index contributed by atoms with van der Waals surface area (Å²) >= 11 is 0. The van der Waals surface area contributed by atoms with Gasteiger partial charge in [0.2, 0.25) is 11.8 Å². The fourth-order valence-corrected chi connectivity index (χ4v) is 4.94. The highest BCUT2D eigenvalue weighted by Gasteiger charge is 2.38. The Hall–Kier alpha value is -4.16. The van der Waals surface area contributed by atoms with Gasteiger partial charge in [-0.1, -0.05) is 24.3 Å². The third kappa shape index (κ3) is 6.69. The maximum atomic E-state index is 13.7. The van der Waals surface area contributed by atoms with E-state index in [4.69, 9.17) is 18.9 Å². The molecule has 1 unspecified atom stereocenters. The van der Waals surface area contributed by atoms with E-state index in [1.807, 2.05) is 6.07 Å². The molecule has 3 atom stereocenters. The van der Waals surface area contributed by atoms with Crippen molar-refractivity contribution in [3.05, 3.63) is 59.7 Å². The Kier molecular flexibility index (Phi) is 8.46. The minimum absolute atomic E-state index is 0.0162. The first-order valence-electron chi connectivity index (χ1n) is 13.2. The van der Waals surface area contributed by atoms with Crippen molar-refractivity contribution in [1.29, 1.82) is 0 Å². The number of carboxylic acid groups (broad SMARTS) is 1. The molecule has 2 aromatic rings. The van der Waals surface area contributed by atoms with Crippen LogP contribution in [-0.2, 0) is 41.4 Å². The minimum Gasteiger partial charge on any atom is -0.480 e. The number of cyclic esters (lactones) is 1. The predicted molar refractivity (Wildman–Crippen MR) is 139 cm³/mol. The normalized spacial score (nSPS) is 24.4. The van der Waals surface area contributed by atoms with Crippen LogP contribution in [0.5, 0.6) is 11.5 Å². The van der Waals surface area contributed by atoms with E-state index in [2.05, 4.69) is 10.6 Å². The molecule has 12 heteroatoms. The molecule has 0 spiro atoms. The molecule has 3 heterocycles. The second-order valence-electron chi connectivity index (χ2n) is 9.85. The van der Waals surface area contributed by atoms with Crippen LogP contribution in [0.2, 0.25) is 0 Å². The van der Waals surface area contributed by atoms with E-state index in [0.717, 1.165) is 5.56 Å². The molecule has 12 nitrogen and oxygen atoms in total. The molecule has 0 aliphatic carbocycles. The van der Waals surface area contributed by atoms with Gasteiger partial charge in [0.15, 0.2) is 6.29 Å². The topological polar surface area (TPSA) is 153 Å². The number of nitrogens with one attached hydrogen (secondary N) is 2. The number of benzene rings is 2. The van der Waals surface area contributed by atoms with Crippen LogP contribution in [0.4, 0.5) is 4.79 Å². The number of carbonyl (C=O) groups excluding carboxylic acids is 3. The Morgan fingerprint density at radius 3 is 2.20 bits per heavy atom. The minimum atomic E-state index is -1.28. The quantitative estimate of drug-likeness (QED) is 0.513. The van der Waals surface area contributed by atoms with Crippen molar-refractivity contribution >= 4 is 23.9 Å².